The molecule has 6 heteroatoms. The van der Waals surface area contributed by atoms with Gasteiger partial charge < -0.3 is 14.7 Å². The number of carbonyl (C=O) groups is 2. The molecule has 0 spiro atoms. The van der Waals surface area contributed by atoms with Gasteiger partial charge in [0, 0.05) is 19.1 Å². The summed E-state index contributed by atoms with van der Waals surface area (Å²) in [4.78, 5) is 28.4. The van der Waals surface area contributed by atoms with E-state index in [1.54, 1.807) is 0 Å². The maximum absolute atomic E-state index is 12.7. The van der Waals surface area contributed by atoms with Crippen molar-refractivity contribution in [3.05, 3.63) is 35.9 Å². The molecule has 0 radical (unpaired) electrons. The van der Waals surface area contributed by atoms with Crippen molar-refractivity contribution >= 4 is 12.1 Å². The van der Waals surface area contributed by atoms with Crippen LogP contribution in [0.5, 0.6) is 0 Å². The van der Waals surface area contributed by atoms with Crippen LogP contribution in [-0.2, 0) is 16.1 Å². The molecule has 2 atom stereocenters. The molecule has 0 aliphatic carbocycles. The van der Waals surface area contributed by atoms with Crippen LogP contribution in [0.25, 0.3) is 0 Å². The first-order valence-electron chi connectivity index (χ1n) is 8.82. The minimum Gasteiger partial charge on any atom is -0.479 e. The molecule has 6 nitrogen and oxygen atoms in total. The summed E-state index contributed by atoms with van der Waals surface area (Å²) in [5.74, 6) is -0.947. The minimum atomic E-state index is -1.20. The lowest BCUT2D eigenvalue weighted by Crippen LogP contribution is -2.63. The Morgan fingerprint density at radius 2 is 2.04 bits per heavy atom. The predicted molar refractivity (Wildman–Crippen MR) is 95.3 cm³/mol. The van der Waals surface area contributed by atoms with Crippen LogP contribution in [-0.4, -0.2) is 58.7 Å². The molecule has 0 bridgehead atoms. The molecular weight excluding hydrogens is 320 g/mol. The molecule has 1 aliphatic heterocycles. The van der Waals surface area contributed by atoms with E-state index in [0.29, 0.717) is 32.4 Å². The standard InChI is InChI=1S/C19H28N2O4/c1-4-11-21(18(24)25-14-16-8-6-5-7-9-16)19(17(22)23)10-12-20(3)15(2)13-19/h5-9,15H,4,10-14H2,1-3H3,(H,22,23). The second-order valence-electron chi connectivity index (χ2n) is 6.81. The van der Waals surface area contributed by atoms with E-state index in [0.717, 1.165) is 5.56 Å². The second-order valence-corrected chi connectivity index (χ2v) is 6.81. The van der Waals surface area contributed by atoms with Crippen LogP contribution in [0.15, 0.2) is 30.3 Å². The Hall–Kier alpha value is -2.08. The van der Waals surface area contributed by atoms with Crippen molar-refractivity contribution in [2.24, 2.45) is 0 Å². The third kappa shape index (κ3) is 4.31. The van der Waals surface area contributed by atoms with Crippen LogP contribution in [0.4, 0.5) is 4.79 Å². The van der Waals surface area contributed by atoms with Gasteiger partial charge in [0.15, 0.2) is 0 Å². The van der Waals surface area contributed by atoms with Crippen molar-refractivity contribution in [3.8, 4) is 0 Å². The molecule has 1 saturated heterocycles. The molecule has 2 unspecified atom stereocenters. The summed E-state index contributed by atoms with van der Waals surface area (Å²) in [5, 5.41) is 9.96. The highest BCUT2D eigenvalue weighted by atomic mass is 16.6. The molecule has 1 heterocycles. The van der Waals surface area contributed by atoms with Gasteiger partial charge in [0.05, 0.1) is 0 Å². The van der Waals surface area contributed by atoms with Gasteiger partial charge in [0.25, 0.3) is 0 Å². The fourth-order valence-corrected chi connectivity index (χ4v) is 3.38. The maximum Gasteiger partial charge on any atom is 0.411 e. The topological polar surface area (TPSA) is 70.1 Å². The number of hydrogen-bond acceptors (Lipinski definition) is 4. The Morgan fingerprint density at radius 1 is 1.36 bits per heavy atom. The van der Waals surface area contributed by atoms with Crippen molar-refractivity contribution in [1.82, 2.24) is 9.80 Å². The summed E-state index contributed by atoms with van der Waals surface area (Å²) in [6, 6.07) is 9.50. The zero-order chi connectivity index (χ0) is 18.4. The Morgan fingerprint density at radius 3 is 2.60 bits per heavy atom. The third-order valence-electron chi connectivity index (χ3n) is 5.05. The number of rotatable bonds is 6. The van der Waals surface area contributed by atoms with Crippen molar-refractivity contribution < 1.29 is 19.4 Å². The molecule has 1 fully saturated rings. The maximum atomic E-state index is 12.7. The molecule has 0 saturated carbocycles. The lowest BCUT2D eigenvalue weighted by molar-refractivity contribution is -0.155. The van der Waals surface area contributed by atoms with E-state index in [1.165, 1.54) is 4.90 Å². The summed E-state index contributed by atoms with van der Waals surface area (Å²) >= 11 is 0. The number of carbonyl (C=O) groups excluding carboxylic acids is 1. The first-order chi connectivity index (χ1) is 11.9. The van der Waals surface area contributed by atoms with Crippen LogP contribution < -0.4 is 0 Å². The molecule has 1 aromatic carbocycles. The molecule has 1 amide bonds. The lowest BCUT2D eigenvalue weighted by atomic mass is 9.82. The second kappa shape index (κ2) is 8.34. The highest BCUT2D eigenvalue weighted by molar-refractivity contribution is 5.84. The van der Waals surface area contributed by atoms with Crippen LogP contribution in [0, 0.1) is 0 Å². The van der Waals surface area contributed by atoms with Gasteiger partial charge in [-0.3, -0.25) is 4.90 Å². The van der Waals surface area contributed by atoms with Crippen molar-refractivity contribution in [3.63, 3.8) is 0 Å². The first-order valence-corrected chi connectivity index (χ1v) is 8.82. The van der Waals surface area contributed by atoms with Gasteiger partial charge in [-0.2, -0.15) is 0 Å². The number of amides is 1. The molecule has 1 aromatic rings. The smallest absolute Gasteiger partial charge is 0.411 e. The quantitative estimate of drug-likeness (QED) is 0.856. The Bertz CT molecular complexity index is 592. The highest BCUT2D eigenvalue weighted by Gasteiger charge is 2.50. The van der Waals surface area contributed by atoms with Gasteiger partial charge in [0.2, 0.25) is 0 Å². The number of hydrogen-bond donors (Lipinski definition) is 1. The zero-order valence-corrected chi connectivity index (χ0v) is 15.3. The van der Waals surface area contributed by atoms with Crippen LogP contribution in [0.1, 0.15) is 38.7 Å². The fourth-order valence-electron chi connectivity index (χ4n) is 3.38. The van der Waals surface area contributed by atoms with E-state index >= 15 is 0 Å². The minimum absolute atomic E-state index is 0.0890. The lowest BCUT2D eigenvalue weighted by Gasteiger charge is -2.47. The van der Waals surface area contributed by atoms with Gasteiger partial charge in [0.1, 0.15) is 12.1 Å². The van der Waals surface area contributed by atoms with Crippen LogP contribution in [0.3, 0.4) is 0 Å². The molecule has 25 heavy (non-hydrogen) atoms. The summed E-state index contributed by atoms with van der Waals surface area (Å²) in [7, 11) is 1.98. The summed E-state index contributed by atoms with van der Waals surface area (Å²) in [5.41, 5.74) is -0.316. The van der Waals surface area contributed by atoms with Gasteiger partial charge in [-0.25, -0.2) is 9.59 Å². The number of benzene rings is 1. The Labute approximate surface area is 149 Å². The number of ether oxygens (including phenoxy) is 1. The molecule has 138 valence electrons. The van der Waals surface area contributed by atoms with Crippen LogP contribution in [0.2, 0.25) is 0 Å². The largest absolute Gasteiger partial charge is 0.479 e. The number of likely N-dealkylation sites (tertiary alicyclic amines) is 1. The first kappa shape index (κ1) is 19.2. The van der Waals surface area contributed by atoms with Crippen molar-refractivity contribution in [2.75, 3.05) is 20.1 Å². The van der Waals surface area contributed by atoms with Gasteiger partial charge in [-0.05, 0) is 38.8 Å². The number of carboxylic acids is 1. The van der Waals surface area contributed by atoms with E-state index in [4.69, 9.17) is 4.74 Å². The van der Waals surface area contributed by atoms with E-state index in [2.05, 4.69) is 4.90 Å². The summed E-state index contributed by atoms with van der Waals surface area (Å²) < 4.78 is 5.44. The molecular formula is C19H28N2O4. The molecule has 1 N–H and O–H groups in total. The average Bonchev–Trinajstić information content (AvgIpc) is 2.61. The fraction of sp³-hybridized carbons (Fsp3) is 0.579. The molecule has 2 rings (SSSR count). The monoisotopic (exact) mass is 348 g/mol. The predicted octanol–water partition coefficient (Wildman–Crippen LogP) is 2.97. The highest BCUT2D eigenvalue weighted by Crippen LogP contribution is 2.33. The van der Waals surface area contributed by atoms with Crippen LogP contribution >= 0.6 is 0 Å². The van der Waals surface area contributed by atoms with E-state index in [9.17, 15) is 14.7 Å². The van der Waals surface area contributed by atoms with Gasteiger partial charge >= 0.3 is 12.1 Å². The normalized spacial score (nSPS) is 23.9. The number of piperidine rings is 1. The van der Waals surface area contributed by atoms with Crippen molar-refractivity contribution in [1.29, 1.82) is 0 Å². The molecule has 1 aliphatic rings. The average molecular weight is 348 g/mol. The number of aliphatic carboxylic acids is 1. The Balaban J connectivity index is 2.18. The van der Waals surface area contributed by atoms with E-state index in [1.807, 2.05) is 51.2 Å². The van der Waals surface area contributed by atoms with E-state index < -0.39 is 17.6 Å². The van der Waals surface area contributed by atoms with E-state index in [-0.39, 0.29) is 12.6 Å². The molecule has 0 aromatic heterocycles. The Kier molecular flexibility index (Phi) is 6.42. The number of carboxylic acid groups (broad SMARTS) is 1. The zero-order valence-electron chi connectivity index (χ0n) is 15.3. The van der Waals surface area contributed by atoms with Crippen molar-refractivity contribution in [2.45, 2.75) is 51.3 Å². The van der Waals surface area contributed by atoms with Gasteiger partial charge in [-0.15, -0.1) is 0 Å². The summed E-state index contributed by atoms with van der Waals surface area (Å²) in [6.45, 7) is 5.09. The third-order valence-corrected chi connectivity index (χ3v) is 5.05. The SMILES string of the molecule is CCCN(C(=O)OCc1ccccc1)C1(C(=O)O)CCN(C)C(C)C1. The number of nitrogens with zero attached hydrogens (tertiary/aromatic N) is 2. The van der Waals surface area contributed by atoms with Gasteiger partial charge in [-0.1, -0.05) is 37.3 Å². The summed E-state index contributed by atoms with van der Waals surface area (Å²) in [6.07, 6.45) is 0.938.